The predicted octanol–water partition coefficient (Wildman–Crippen LogP) is 3.89. The van der Waals surface area contributed by atoms with Gasteiger partial charge in [-0.1, -0.05) is 29.5 Å². The Morgan fingerprint density at radius 3 is 2.37 bits per heavy atom. The largest absolute Gasteiger partial charge is 0.496 e. The number of halogens is 1. The van der Waals surface area contributed by atoms with Crippen LogP contribution >= 0.6 is 27.3 Å². The Bertz CT molecular complexity index is 1590. The van der Waals surface area contributed by atoms with E-state index < -0.39 is 6.04 Å². The molecule has 0 unspecified atom stereocenters. The molecule has 0 aliphatic carbocycles. The van der Waals surface area contributed by atoms with Gasteiger partial charge in [-0.05, 0) is 54.9 Å². The standard InChI is InChI=1S/C28H30BrN3O5S/c1-7-31(8-2)27(34)24-16(3)30-28-32(25(24)18-11-9-10-12-20(18)35-4)26(33)23(38-28)14-17-13-19(29)22(37-6)15-21(17)36-5/h9-15,25H,7-8H2,1-6H3/b23-14+/t25-/m1/s1. The quantitative estimate of drug-likeness (QED) is 0.392. The van der Waals surface area contributed by atoms with Gasteiger partial charge < -0.3 is 19.1 Å². The van der Waals surface area contributed by atoms with E-state index >= 15 is 0 Å². The average molecular weight is 601 g/mol. The highest BCUT2D eigenvalue weighted by Gasteiger charge is 2.35. The number of amides is 1. The Hall–Kier alpha value is -3.37. The van der Waals surface area contributed by atoms with Crippen molar-refractivity contribution in [2.45, 2.75) is 26.8 Å². The monoisotopic (exact) mass is 599 g/mol. The summed E-state index contributed by atoms with van der Waals surface area (Å²) in [5.41, 5.74) is 2.21. The molecule has 38 heavy (non-hydrogen) atoms. The summed E-state index contributed by atoms with van der Waals surface area (Å²) in [5.74, 6) is 1.62. The number of carbonyl (C=O) groups is 1. The number of ether oxygens (including phenoxy) is 3. The summed E-state index contributed by atoms with van der Waals surface area (Å²) in [5, 5.41) is 0. The topological polar surface area (TPSA) is 82.4 Å². The number of methoxy groups -OCH3 is 3. The number of nitrogens with zero attached hydrogens (tertiary/aromatic N) is 3. The Balaban J connectivity index is 2.01. The lowest BCUT2D eigenvalue weighted by Gasteiger charge is -2.29. The van der Waals surface area contributed by atoms with Crippen LogP contribution in [0.2, 0.25) is 0 Å². The van der Waals surface area contributed by atoms with Crippen LogP contribution in [0.4, 0.5) is 0 Å². The molecule has 0 radical (unpaired) electrons. The van der Waals surface area contributed by atoms with Crippen LogP contribution in [0.25, 0.3) is 6.08 Å². The van der Waals surface area contributed by atoms with E-state index in [4.69, 9.17) is 19.2 Å². The first kappa shape index (κ1) is 27.7. The number of para-hydroxylation sites is 1. The van der Waals surface area contributed by atoms with E-state index in [9.17, 15) is 9.59 Å². The lowest BCUT2D eigenvalue weighted by molar-refractivity contribution is -0.127. The molecule has 0 fully saturated rings. The van der Waals surface area contributed by atoms with Gasteiger partial charge in [0.15, 0.2) is 4.80 Å². The summed E-state index contributed by atoms with van der Waals surface area (Å²) in [6, 6.07) is 10.4. The molecule has 0 bridgehead atoms. The zero-order valence-electron chi connectivity index (χ0n) is 22.2. The summed E-state index contributed by atoms with van der Waals surface area (Å²) in [4.78, 5) is 34.8. The molecule has 1 atom stereocenters. The smallest absolute Gasteiger partial charge is 0.271 e. The van der Waals surface area contributed by atoms with Gasteiger partial charge in [-0.3, -0.25) is 14.2 Å². The third kappa shape index (κ3) is 4.90. The van der Waals surface area contributed by atoms with Crippen LogP contribution in [0, 0.1) is 0 Å². The number of aromatic nitrogens is 1. The number of thiazole rings is 1. The molecule has 0 saturated carbocycles. The van der Waals surface area contributed by atoms with Gasteiger partial charge in [-0.25, -0.2) is 4.99 Å². The third-order valence-electron chi connectivity index (χ3n) is 6.53. The Morgan fingerprint density at radius 2 is 1.74 bits per heavy atom. The molecule has 0 spiro atoms. The fourth-order valence-electron chi connectivity index (χ4n) is 4.60. The van der Waals surface area contributed by atoms with Crippen molar-refractivity contribution in [2.75, 3.05) is 34.4 Å². The second-order valence-electron chi connectivity index (χ2n) is 8.53. The molecule has 3 aromatic rings. The van der Waals surface area contributed by atoms with Crippen molar-refractivity contribution in [3.8, 4) is 17.2 Å². The molecule has 0 saturated heterocycles. The molecule has 1 aromatic heterocycles. The van der Waals surface area contributed by atoms with Crippen molar-refractivity contribution in [2.24, 2.45) is 4.99 Å². The van der Waals surface area contributed by atoms with Crippen molar-refractivity contribution in [3.05, 3.63) is 83.0 Å². The van der Waals surface area contributed by atoms with Gasteiger partial charge in [0, 0.05) is 30.3 Å². The fraction of sp³-hybridized carbons (Fsp3) is 0.321. The van der Waals surface area contributed by atoms with Gasteiger partial charge in [0.25, 0.3) is 11.5 Å². The number of hydrogen-bond donors (Lipinski definition) is 0. The van der Waals surface area contributed by atoms with Gasteiger partial charge in [0.05, 0.1) is 41.6 Å². The van der Waals surface area contributed by atoms with E-state index in [0.29, 0.717) is 56.5 Å². The molecule has 2 heterocycles. The number of benzene rings is 2. The van der Waals surface area contributed by atoms with E-state index in [1.807, 2.05) is 51.1 Å². The fourth-order valence-corrected chi connectivity index (χ4v) is 6.16. The minimum Gasteiger partial charge on any atom is -0.496 e. The summed E-state index contributed by atoms with van der Waals surface area (Å²) in [6.45, 7) is 6.78. The van der Waals surface area contributed by atoms with Crippen LogP contribution in [-0.2, 0) is 4.79 Å². The SMILES string of the molecule is CCN(CC)C(=O)C1=C(C)N=c2s/c(=C/c3cc(Br)c(OC)cc3OC)c(=O)n2[C@@H]1c1ccccc1OC. The number of carbonyl (C=O) groups excluding carboxylic acids is 1. The summed E-state index contributed by atoms with van der Waals surface area (Å²) in [6.07, 6.45) is 1.78. The predicted molar refractivity (Wildman–Crippen MR) is 152 cm³/mol. The Morgan fingerprint density at radius 1 is 1.08 bits per heavy atom. The zero-order chi connectivity index (χ0) is 27.6. The number of fused-ring (bicyclic) bond motifs is 1. The zero-order valence-corrected chi connectivity index (χ0v) is 24.6. The first-order chi connectivity index (χ1) is 18.3. The number of likely N-dealkylation sites (N-methyl/N-ethyl adjacent to an activating group) is 1. The Labute approximate surface area is 233 Å². The molecule has 10 heteroatoms. The maximum Gasteiger partial charge on any atom is 0.271 e. The van der Waals surface area contributed by atoms with Crippen molar-refractivity contribution in [1.82, 2.24) is 9.47 Å². The summed E-state index contributed by atoms with van der Waals surface area (Å²) in [7, 11) is 4.73. The minimum atomic E-state index is -0.692. The summed E-state index contributed by atoms with van der Waals surface area (Å²) < 4.78 is 19.4. The lowest BCUT2D eigenvalue weighted by Crippen LogP contribution is -2.43. The molecule has 1 aliphatic rings. The van der Waals surface area contributed by atoms with Crippen LogP contribution in [0.5, 0.6) is 17.2 Å². The molecular formula is C28H30BrN3O5S. The molecular weight excluding hydrogens is 570 g/mol. The number of allylic oxidation sites excluding steroid dienone is 1. The molecule has 0 N–H and O–H groups in total. The molecule has 4 rings (SSSR count). The highest BCUT2D eigenvalue weighted by Crippen LogP contribution is 2.36. The molecule has 200 valence electrons. The van der Waals surface area contributed by atoms with Crippen LogP contribution in [0.15, 0.2) is 61.9 Å². The molecule has 1 amide bonds. The molecule has 2 aromatic carbocycles. The van der Waals surface area contributed by atoms with Gasteiger partial charge in [-0.15, -0.1) is 0 Å². The van der Waals surface area contributed by atoms with Crippen LogP contribution in [-0.4, -0.2) is 49.8 Å². The second-order valence-corrected chi connectivity index (χ2v) is 10.4. The molecule has 8 nitrogen and oxygen atoms in total. The van der Waals surface area contributed by atoms with Gasteiger partial charge in [0.1, 0.15) is 23.3 Å². The first-order valence-electron chi connectivity index (χ1n) is 12.2. The van der Waals surface area contributed by atoms with Crippen LogP contribution < -0.4 is 29.1 Å². The van der Waals surface area contributed by atoms with Gasteiger partial charge >= 0.3 is 0 Å². The third-order valence-corrected chi connectivity index (χ3v) is 8.13. The number of hydrogen-bond acceptors (Lipinski definition) is 7. The maximum absolute atomic E-state index is 14.0. The maximum atomic E-state index is 14.0. The highest BCUT2D eigenvalue weighted by molar-refractivity contribution is 9.10. The van der Waals surface area contributed by atoms with Crippen molar-refractivity contribution in [1.29, 1.82) is 0 Å². The van der Waals surface area contributed by atoms with Crippen molar-refractivity contribution < 1.29 is 19.0 Å². The molecule has 1 aliphatic heterocycles. The normalized spacial score (nSPS) is 15.1. The average Bonchev–Trinajstić information content (AvgIpc) is 3.22. The van der Waals surface area contributed by atoms with Crippen molar-refractivity contribution in [3.63, 3.8) is 0 Å². The summed E-state index contributed by atoms with van der Waals surface area (Å²) >= 11 is 4.78. The van der Waals surface area contributed by atoms with Gasteiger partial charge in [0.2, 0.25) is 0 Å². The van der Waals surface area contributed by atoms with Crippen LogP contribution in [0.3, 0.4) is 0 Å². The van der Waals surface area contributed by atoms with E-state index in [0.717, 1.165) is 10.0 Å². The van der Waals surface area contributed by atoms with E-state index in [-0.39, 0.29) is 11.5 Å². The Kier molecular flexibility index (Phi) is 8.42. The highest BCUT2D eigenvalue weighted by atomic mass is 79.9. The minimum absolute atomic E-state index is 0.151. The van der Waals surface area contributed by atoms with E-state index in [1.54, 1.807) is 42.9 Å². The lowest BCUT2D eigenvalue weighted by atomic mass is 9.94. The first-order valence-corrected chi connectivity index (χ1v) is 13.8. The second kappa shape index (κ2) is 11.6. The van der Waals surface area contributed by atoms with Crippen molar-refractivity contribution >= 4 is 39.2 Å². The van der Waals surface area contributed by atoms with Crippen LogP contribution in [0.1, 0.15) is 37.9 Å². The number of rotatable bonds is 8. The van der Waals surface area contributed by atoms with E-state index in [1.165, 1.54) is 11.3 Å². The van der Waals surface area contributed by atoms with E-state index in [2.05, 4.69) is 15.9 Å². The van der Waals surface area contributed by atoms with Gasteiger partial charge in [-0.2, -0.15) is 0 Å².